The van der Waals surface area contributed by atoms with Crippen molar-refractivity contribution in [3.63, 3.8) is 0 Å². The van der Waals surface area contributed by atoms with E-state index in [0.29, 0.717) is 24.5 Å². The molecule has 8 heteroatoms. The van der Waals surface area contributed by atoms with Crippen molar-refractivity contribution in [3.8, 4) is 0 Å². The molecule has 6 nitrogen and oxygen atoms in total. The van der Waals surface area contributed by atoms with Crippen LogP contribution in [-0.2, 0) is 9.53 Å². The number of nitrogens with zero attached hydrogens (tertiary/aromatic N) is 3. The van der Waals surface area contributed by atoms with Crippen LogP contribution in [0.2, 0.25) is 5.15 Å². The highest BCUT2D eigenvalue weighted by molar-refractivity contribution is 6.33. The Balaban J connectivity index is 1.71. The van der Waals surface area contributed by atoms with Crippen LogP contribution >= 0.6 is 11.6 Å². The maximum atomic E-state index is 13.5. The van der Waals surface area contributed by atoms with Gasteiger partial charge >= 0.3 is 0 Å². The number of halogens is 2. The van der Waals surface area contributed by atoms with E-state index in [4.69, 9.17) is 16.3 Å². The van der Waals surface area contributed by atoms with Crippen LogP contribution in [0.4, 0.5) is 15.9 Å². The van der Waals surface area contributed by atoms with Crippen molar-refractivity contribution in [2.24, 2.45) is 5.92 Å². The lowest BCUT2D eigenvalue weighted by Gasteiger charge is -2.27. The average molecular weight is 357 g/mol. The summed E-state index contributed by atoms with van der Waals surface area (Å²) in [5.74, 6) is 0.334. The second-order valence-corrected chi connectivity index (χ2v) is 6.75. The molecular formula is C16H22ClFN4O2. The van der Waals surface area contributed by atoms with Crippen molar-refractivity contribution in [1.29, 1.82) is 0 Å². The number of ether oxygens (including phenoxy) is 1. The van der Waals surface area contributed by atoms with E-state index >= 15 is 0 Å². The summed E-state index contributed by atoms with van der Waals surface area (Å²) < 4.78 is 18.8. The van der Waals surface area contributed by atoms with Gasteiger partial charge in [-0.25, -0.2) is 14.4 Å². The number of rotatable bonds is 4. The molecule has 1 amide bonds. The molecule has 0 unspecified atom stereocenters. The van der Waals surface area contributed by atoms with Gasteiger partial charge in [-0.2, -0.15) is 0 Å². The summed E-state index contributed by atoms with van der Waals surface area (Å²) in [5, 5.41) is 3.05. The van der Waals surface area contributed by atoms with Crippen LogP contribution in [0.3, 0.4) is 0 Å². The Morgan fingerprint density at radius 3 is 2.71 bits per heavy atom. The molecule has 1 N–H and O–H groups in total. The van der Waals surface area contributed by atoms with Crippen LogP contribution in [0.25, 0.3) is 0 Å². The van der Waals surface area contributed by atoms with Gasteiger partial charge < -0.3 is 15.0 Å². The summed E-state index contributed by atoms with van der Waals surface area (Å²) in [6.07, 6.45) is 4.44. The Hall–Kier alpha value is -1.47. The molecule has 1 aliphatic heterocycles. The van der Waals surface area contributed by atoms with E-state index < -0.39 is 6.17 Å². The lowest BCUT2D eigenvalue weighted by Crippen LogP contribution is -2.31. The monoisotopic (exact) mass is 356 g/mol. The van der Waals surface area contributed by atoms with Gasteiger partial charge in [-0.15, -0.1) is 0 Å². The minimum Gasteiger partial charge on any atom is -0.381 e. The Morgan fingerprint density at radius 1 is 1.33 bits per heavy atom. The summed E-state index contributed by atoms with van der Waals surface area (Å²) in [4.78, 5) is 22.6. The van der Waals surface area contributed by atoms with E-state index in [-0.39, 0.29) is 29.6 Å². The fourth-order valence-electron chi connectivity index (χ4n) is 3.40. The number of methoxy groups -OCH3 is 1. The molecule has 1 saturated carbocycles. The predicted octanol–water partition coefficient (Wildman–Crippen LogP) is 2.82. The smallest absolute Gasteiger partial charge is 0.227 e. The first-order chi connectivity index (χ1) is 11.6. The molecule has 2 aliphatic rings. The Labute approximate surface area is 145 Å². The predicted molar refractivity (Wildman–Crippen MR) is 90.2 cm³/mol. The van der Waals surface area contributed by atoms with Gasteiger partial charge in [0.25, 0.3) is 0 Å². The van der Waals surface area contributed by atoms with E-state index in [9.17, 15) is 9.18 Å². The molecule has 1 aliphatic carbocycles. The van der Waals surface area contributed by atoms with Crippen LogP contribution in [0.5, 0.6) is 0 Å². The first kappa shape index (κ1) is 17.4. The number of nitrogens with one attached hydrogen (secondary N) is 1. The minimum atomic E-state index is -0.883. The molecule has 2 fully saturated rings. The standard InChI is InChI=1S/C16H22ClFN4O2/c1-24-12-4-2-10(3-5-12)16(23)21-13-14(17)19-9-20-15(13)22-7-6-11(18)8-22/h9-12H,2-8H2,1H3,(H,21,23)/t10-,11-,12-/m0/s1. The second kappa shape index (κ2) is 7.61. The van der Waals surface area contributed by atoms with Gasteiger partial charge in [-0.05, 0) is 32.1 Å². The Morgan fingerprint density at radius 2 is 2.08 bits per heavy atom. The van der Waals surface area contributed by atoms with Gasteiger partial charge in [0.1, 0.15) is 18.2 Å². The quantitative estimate of drug-likeness (QED) is 0.840. The highest BCUT2D eigenvalue weighted by atomic mass is 35.5. The highest BCUT2D eigenvalue weighted by Gasteiger charge is 2.30. The van der Waals surface area contributed by atoms with Crippen LogP contribution < -0.4 is 10.2 Å². The zero-order chi connectivity index (χ0) is 17.1. The highest BCUT2D eigenvalue weighted by Crippen LogP contribution is 2.34. The van der Waals surface area contributed by atoms with Crippen molar-refractivity contribution in [3.05, 3.63) is 11.5 Å². The number of carbonyl (C=O) groups excluding carboxylic acids is 1. The third kappa shape index (κ3) is 3.78. The fraction of sp³-hybridized carbons (Fsp3) is 0.688. The number of carbonyl (C=O) groups is 1. The van der Waals surface area contributed by atoms with Crippen LogP contribution in [0, 0.1) is 5.92 Å². The Bertz CT molecular complexity index is 595. The third-order valence-electron chi connectivity index (χ3n) is 4.84. The zero-order valence-electron chi connectivity index (χ0n) is 13.7. The van der Waals surface area contributed by atoms with E-state index in [1.165, 1.54) is 6.33 Å². The van der Waals surface area contributed by atoms with Gasteiger partial charge in [0.15, 0.2) is 11.0 Å². The molecule has 0 radical (unpaired) electrons. The maximum absolute atomic E-state index is 13.5. The third-order valence-corrected chi connectivity index (χ3v) is 5.12. The molecule has 1 aromatic rings. The van der Waals surface area contributed by atoms with Gasteiger partial charge in [-0.3, -0.25) is 4.79 Å². The minimum absolute atomic E-state index is 0.0759. The summed E-state index contributed by atoms with van der Waals surface area (Å²) >= 11 is 6.17. The molecule has 0 aromatic carbocycles. The SMILES string of the molecule is CO[C@H]1CC[C@H](C(=O)Nc2c(Cl)ncnc2N2CC[C@H](F)C2)CC1. The summed E-state index contributed by atoms with van der Waals surface area (Å²) in [6.45, 7) is 0.811. The van der Waals surface area contributed by atoms with Crippen LogP contribution in [0.15, 0.2) is 6.33 Å². The van der Waals surface area contributed by atoms with Crippen molar-refractivity contribution in [1.82, 2.24) is 9.97 Å². The van der Waals surface area contributed by atoms with Gasteiger partial charge in [0.2, 0.25) is 5.91 Å². The van der Waals surface area contributed by atoms with Crippen LogP contribution in [0.1, 0.15) is 32.1 Å². The molecule has 0 spiro atoms. The molecular weight excluding hydrogens is 335 g/mol. The molecule has 1 saturated heterocycles. The number of amides is 1. The molecule has 3 rings (SSSR count). The lowest BCUT2D eigenvalue weighted by atomic mass is 9.87. The summed E-state index contributed by atoms with van der Waals surface area (Å²) in [6, 6.07) is 0. The van der Waals surface area contributed by atoms with Crippen molar-refractivity contribution in [2.75, 3.05) is 30.4 Å². The van der Waals surface area contributed by atoms with E-state index in [0.717, 1.165) is 25.7 Å². The number of alkyl halides is 1. The molecule has 24 heavy (non-hydrogen) atoms. The van der Waals surface area contributed by atoms with E-state index in [1.807, 2.05) is 0 Å². The van der Waals surface area contributed by atoms with Gasteiger partial charge in [0.05, 0.1) is 12.6 Å². The van der Waals surface area contributed by atoms with Crippen molar-refractivity contribution in [2.45, 2.75) is 44.4 Å². The number of hydrogen-bond donors (Lipinski definition) is 1. The normalized spacial score (nSPS) is 27.3. The lowest BCUT2D eigenvalue weighted by molar-refractivity contribution is -0.121. The molecule has 1 aromatic heterocycles. The topological polar surface area (TPSA) is 67.3 Å². The van der Waals surface area contributed by atoms with Gasteiger partial charge in [0, 0.05) is 19.6 Å². The summed E-state index contributed by atoms with van der Waals surface area (Å²) in [7, 11) is 1.70. The molecule has 2 heterocycles. The average Bonchev–Trinajstić information content (AvgIpc) is 3.03. The largest absolute Gasteiger partial charge is 0.381 e. The fourth-order valence-corrected chi connectivity index (χ4v) is 3.57. The number of aromatic nitrogens is 2. The van der Waals surface area contributed by atoms with E-state index in [1.54, 1.807) is 12.0 Å². The molecule has 1 atom stereocenters. The second-order valence-electron chi connectivity index (χ2n) is 6.39. The Kier molecular flexibility index (Phi) is 5.50. The summed E-state index contributed by atoms with van der Waals surface area (Å²) in [5.41, 5.74) is 0.382. The van der Waals surface area contributed by atoms with Crippen molar-refractivity contribution >= 4 is 29.0 Å². The maximum Gasteiger partial charge on any atom is 0.227 e. The number of hydrogen-bond acceptors (Lipinski definition) is 5. The van der Waals surface area contributed by atoms with E-state index in [2.05, 4.69) is 15.3 Å². The van der Waals surface area contributed by atoms with Gasteiger partial charge in [-0.1, -0.05) is 11.6 Å². The first-order valence-electron chi connectivity index (χ1n) is 8.31. The first-order valence-corrected chi connectivity index (χ1v) is 8.69. The van der Waals surface area contributed by atoms with Crippen molar-refractivity contribution < 1.29 is 13.9 Å². The zero-order valence-corrected chi connectivity index (χ0v) is 14.4. The number of anilines is 2. The molecule has 0 bridgehead atoms. The molecule has 132 valence electrons. The van der Waals surface area contributed by atoms with Crippen LogP contribution in [-0.4, -0.2) is 48.4 Å².